The summed E-state index contributed by atoms with van der Waals surface area (Å²) in [7, 11) is 0. The summed E-state index contributed by atoms with van der Waals surface area (Å²) in [4.78, 5) is 12.1. The Morgan fingerprint density at radius 1 is 1.04 bits per heavy atom. The number of nitrogens with one attached hydrogen (secondary N) is 1. The average Bonchev–Trinajstić information content (AvgIpc) is 3.01. The molecule has 0 aliphatic carbocycles. The van der Waals surface area contributed by atoms with E-state index in [0.717, 1.165) is 33.8 Å². The van der Waals surface area contributed by atoms with Gasteiger partial charge in [0.05, 0.1) is 12.5 Å². The van der Waals surface area contributed by atoms with Crippen LogP contribution in [0.4, 0.5) is 0 Å². The van der Waals surface area contributed by atoms with Crippen LogP contribution in [0, 0.1) is 13.8 Å². The Labute approximate surface area is 159 Å². The number of carbonyl (C=O) groups is 1. The van der Waals surface area contributed by atoms with Gasteiger partial charge >= 0.3 is 0 Å². The molecule has 0 fully saturated rings. The number of hydrogen-bond acceptors (Lipinski definition) is 3. The Bertz CT molecular complexity index is 882. The second kappa shape index (κ2) is 8.69. The second-order valence-electron chi connectivity index (χ2n) is 6.76. The summed E-state index contributed by atoms with van der Waals surface area (Å²) in [5.41, 5.74) is 4.05. The van der Waals surface area contributed by atoms with Crippen LogP contribution >= 0.6 is 0 Å². The third-order valence-corrected chi connectivity index (χ3v) is 4.60. The molecular weight excluding hydrogens is 338 g/mol. The van der Waals surface area contributed by atoms with Crippen LogP contribution in [-0.4, -0.2) is 17.6 Å². The van der Waals surface area contributed by atoms with Crippen LogP contribution in [0.1, 0.15) is 35.2 Å². The highest BCUT2D eigenvalue weighted by Gasteiger charge is 2.14. The maximum Gasteiger partial charge on any atom is 0.224 e. The van der Waals surface area contributed by atoms with E-state index in [-0.39, 0.29) is 5.91 Å². The van der Waals surface area contributed by atoms with Crippen molar-refractivity contribution in [3.05, 3.63) is 83.3 Å². The van der Waals surface area contributed by atoms with Gasteiger partial charge in [-0.2, -0.15) is 0 Å². The molecule has 3 rings (SSSR count). The van der Waals surface area contributed by atoms with Crippen molar-refractivity contribution < 1.29 is 14.3 Å². The van der Waals surface area contributed by atoms with Crippen molar-refractivity contribution in [1.82, 2.24) is 5.32 Å². The third kappa shape index (κ3) is 5.08. The molecule has 2 N–H and O–H groups in total. The van der Waals surface area contributed by atoms with E-state index in [2.05, 4.69) is 17.4 Å². The molecule has 0 spiro atoms. The maximum atomic E-state index is 12.1. The van der Waals surface area contributed by atoms with Crippen molar-refractivity contribution in [3.8, 4) is 11.1 Å². The van der Waals surface area contributed by atoms with Gasteiger partial charge < -0.3 is 14.8 Å². The number of aliphatic hydroxyl groups is 1. The predicted octanol–water partition coefficient (Wildman–Crippen LogP) is 4.35. The van der Waals surface area contributed by atoms with Crippen LogP contribution in [0.5, 0.6) is 0 Å². The van der Waals surface area contributed by atoms with E-state index in [4.69, 9.17) is 4.42 Å². The van der Waals surface area contributed by atoms with E-state index < -0.39 is 6.10 Å². The van der Waals surface area contributed by atoms with E-state index >= 15 is 0 Å². The first-order valence-corrected chi connectivity index (χ1v) is 9.19. The normalized spacial score (nSPS) is 12.0. The Morgan fingerprint density at radius 3 is 2.33 bits per heavy atom. The molecule has 4 nitrogen and oxygen atoms in total. The third-order valence-electron chi connectivity index (χ3n) is 4.60. The SMILES string of the molecule is Cc1cc(C(O)CCNC(=O)Cc2ccc(-c3ccccc3)cc2)c(C)o1. The van der Waals surface area contributed by atoms with E-state index in [1.807, 2.05) is 62.4 Å². The van der Waals surface area contributed by atoms with Gasteiger partial charge in [-0.1, -0.05) is 54.6 Å². The molecule has 27 heavy (non-hydrogen) atoms. The molecule has 1 heterocycles. The fourth-order valence-electron chi connectivity index (χ4n) is 3.18. The number of hydrogen-bond donors (Lipinski definition) is 2. The van der Waals surface area contributed by atoms with Crippen molar-refractivity contribution in [2.45, 2.75) is 32.8 Å². The number of carbonyl (C=O) groups excluding carboxylic acids is 1. The lowest BCUT2D eigenvalue weighted by molar-refractivity contribution is -0.120. The molecule has 0 bridgehead atoms. The molecule has 0 aliphatic rings. The standard InChI is InChI=1S/C23H25NO3/c1-16-14-21(17(2)27-16)22(25)12-13-24-23(26)15-18-8-10-20(11-9-18)19-6-4-3-5-7-19/h3-11,14,22,25H,12-13,15H2,1-2H3,(H,24,26). The van der Waals surface area contributed by atoms with Crippen LogP contribution in [0.2, 0.25) is 0 Å². The van der Waals surface area contributed by atoms with Gasteiger partial charge in [0.25, 0.3) is 0 Å². The fraction of sp³-hybridized carbons (Fsp3) is 0.261. The first-order chi connectivity index (χ1) is 13.0. The molecule has 2 aromatic carbocycles. The molecular formula is C23H25NO3. The lowest BCUT2D eigenvalue weighted by Gasteiger charge is -2.11. The molecule has 3 aromatic rings. The molecule has 4 heteroatoms. The van der Waals surface area contributed by atoms with Crippen molar-refractivity contribution in [2.75, 3.05) is 6.54 Å². The van der Waals surface area contributed by atoms with Crippen LogP contribution in [-0.2, 0) is 11.2 Å². The maximum absolute atomic E-state index is 12.1. The van der Waals surface area contributed by atoms with Gasteiger partial charge in [-0.25, -0.2) is 0 Å². The van der Waals surface area contributed by atoms with Crippen molar-refractivity contribution in [3.63, 3.8) is 0 Å². The first kappa shape index (κ1) is 18.9. The van der Waals surface area contributed by atoms with E-state index in [9.17, 15) is 9.90 Å². The molecule has 1 atom stereocenters. The Hall–Kier alpha value is -2.85. The topological polar surface area (TPSA) is 62.5 Å². The molecule has 0 saturated carbocycles. The number of amides is 1. The van der Waals surface area contributed by atoms with Crippen molar-refractivity contribution in [2.24, 2.45) is 0 Å². The summed E-state index contributed by atoms with van der Waals surface area (Å²) in [5, 5.41) is 13.1. The number of aryl methyl sites for hydroxylation is 2. The zero-order chi connectivity index (χ0) is 19.2. The largest absolute Gasteiger partial charge is 0.466 e. The molecule has 1 unspecified atom stereocenters. The minimum absolute atomic E-state index is 0.0465. The zero-order valence-electron chi connectivity index (χ0n) is 15.7. The molecule has 140 valence electrons. The Morgan fingerprint density at radius 2 is 1.70 bits per heavy atom. The molecule has 1 aromatic heterocycles. The minimum Gasteiger partial charge on any atom is -0.466 e. The van der Waals surface area contributed by atoms with Gasteiger partial charge in [0.2, 0.25) is 5.91 Å². The van der Waals surface area contributed by atoms with Gasteiger partial charge in [0.15, 0.2) is 0 Å². The molecule has 1 amide bonds. The highest BCUT2D eigenvalue weighted by atomic mass is 16.3. The molecule has 0 radical (unpaired) electrons. The van der Waals surface area contributed by atoms with Gasteiger partial charge in [0, 0.05) is 12.1 Å². The number of furan rings is 1. The van der Waals surface area contributed by atoms with Gasteiger partial charge in [0.1, 0.15) is 11.5 Å². The Kier molecular flexibility index (Phi) is 6.09. The summed E-state index contributed by atoms with van der Waals surface area (Å²) in [5.74, 6) is 1.46. The minimum atomic E-state index is -0.632. The van der Waals surface area contributed by atoms with E-state index in [1.165, 1.54) is 0 Å². The fourth-order valence-corrected chi connectivity index (χ4v) is 3.18. The van der Waals surface area contributed by atoms with Crippen LogP contribution in [0.15, 0.2) is 65.1 Å². The van der Waals surface area contributed by atoms with Crippen molar-refractivity contribution >= 4 is 5.91 Å². The van der Waals surface area contributed by atoms with Crippen LogP contribution in [0.25, 0.3) is 11.1 Å². The summed E-state index contributed by atoms with van der Waals surface area (Å²) in [6.07, 6.45) is 0.154. The Balaban J connectivity index is 1.47. The monoisotopic (exact) mass is 363 g/mol. The highest BCUT2D eigenvalue weighted by Crippen LogP contribution is 2.23. The van der Waals surface area contributed by atoms with E-state index in [0.29, 0.717) is 19.4 Å². The molecule has 0 aliphatic heterocycles. The number of benzene rings is 2. The lowest BCUT2D eigenvalue weighted by Crippen LogP contribution is -2.27. The number of rotatable bonds is 7. The smallest absolute Gasteiger partial charge is 0.224 e. The number of aliphatic hydroxyl groups excluding tert-OH is 1. The summed E-state index contributed by atoms with van der Waals surface area (Å²) < 4.78 is 5.44. The van der Waals surface area contributed by atoms with Gasteiger partial charge in [-0.3, -0.25) is 4.79 Å². The summed E-state index contributed by atoms with van der Waals surface area (Å²) in [6, 6.07) is 20.0. The van der Waals surface area contributed by atoms with Crippen LogP contribution in [0.3, 0.4) is 0 Å². The lowest BCUT2D eigenvalue weighted by atomic mass is 10.0. The summed E-state index contributed by atoms with van der Waals surface area (Å²) in [6.45, 7) is 4.11. The predicted molar refractivity (Wildman–Crippen MR) is 106 cm³/mol. The second-order valence-corrected chi connectivity index (χ2v) is 6.76. The van der Waals surface area contributed by atoms with Crippen molar-refractivity contribution in [1.29, 1.82) is 0 Å². The highest BCUT2D eigenvalue weighted by molar-refractivity contribution is 5.78. The first-order valence-electron chi connectivity index (χ1n) is 9.19. The van der Waals surface area contributed by atoms with Gasteiger partial charge in [-0.05, 0) is 43.0 Å². The van der Waals surface area contributed by atoms with E-state index in [1.54, 1.807) is 0 Å². The average molecular weight is 363 g/mol. The van der Waals surface area contributed by atoms with Gasteiger partial charge in [-0.15, -0.1) is 0 Å². The molecule has 0 saturated heterocycles. The summed E-state index contributed by atoms with van der Waals surface area (Å²) >= 11 is 0. The quantitative estimate of drug-likeness (QED) is 0.656. The van der Waals surface area contributed by atoms with Crippen LogP contribution < -0.4 is 5.32 Å². The zero-order valence-corrected chi connectivity index (χ0v) is 15.7.